The van der Waals surface area contributed by atoms with Crippen molar-refractivity contribution in [2.75, 3.05) is 0 Å². The third-order valence-corrected chi connectivity index (χ3v) is 7.22. The molecule has 0 aliphatic heterocycles. The summed E-state index contributed by atoms with van der Waals surface area (Å²) in [6.07, 6.45) is 4.79. The molecule has 0 saturated heterocycles. The molecule has 0 heterocycles. The zero-order valence-corrected chi connectivity index (χ0v) is 17.3. The highest BCUT2D eigenvalue weighted by Gasteiger charge is 2.48. The minimum Gasteiger partial charge on any atom is -0.423 e. The number of rotatable bonds is 3. The Bertz CT molecular complexity index is 874. The zero-order valence-electron chi connectivity index (χ0n) is 17.3. The summed E-state index contributed by atoms with van der Waals surface area (Å²) in [5.41, 5.74) is 8.30. The molecule has 1 fully saturated rings. The summed E-state index contributed by atoms with van der Waals surface area (Å²) in [6.45, 7) is 11.8. The monoisotopic (exact) mass is 362 g/mol. The van der Waals surface area contributed by atoms with Gasteiger partial charge >= 0.3 is 7.12 Å². The standard InChI is InChI=1S/C24H31BO2/c1-16-14-20-21(23(4,5)11-10-22(20,2)3)15-19(16)24(12-13-24)17-6-8-18(9-7-17)25(26)27/h6-9,14-15,26-27H,10-13H2,1-5H3. The Kier molecular flexibility index (Phi) is 4.14. The molecule has 2 aromatic carbocycles. The van der Waals surface area contributed by atoms with E-state index in [0.717, 1.165) is 12.8 Å². The Morgan fingerprint density at radius 3 is 1.74 bits per heavy atom. The highest BCUT2D eigenvalue weighted by atomic mass is 16.4. The Morgan fingerprint density at radius 1 is 0.741 bits per heavy atom. The normalized spacial score (nSPS) is 21.4. The van der Waals surface area contributed by atoms with Gasteiger partial charge in [-0.05, 0) is 76.7 Å². The van der Waals surface area contributed by atoms with Gasteiger partial charge in [0.05, 0.1) is 0 Å². The maximum Gasteiger partial charge on any atom is 0.488 e. The molecule has 0 radical (unpaired) electrons. The van der Waals surface area contributed by atoms with Crippen LogP contribution < -0.4 is 5.46 Å². The third-order valence-electron chi connectivity index (χ3n) is 7.22. The van der Waals surface area contributed by atoms with Gasteiger partial charge < -0.3 is 10.0 Å². The quantitative estimate of drug-likeness (QED) is 0.807. The molecule has 0 spiro atoms. The first-order valence-corrected chi connectivity index (χ1v) is 10.2. The van der Waals surface area contributed by atoms with E-state index in [-0.39, 0.29) is 16.2 Å². The van der Waals surface area contributed by atoms with E-state index in [0.29, 0.717) is 5.46 Å². The molecule has 0 aromatic heterocycles. The molecule has 27 heavy (non-hydrogen) atoms. The SMILES string of the molecule is Cc1cc2c(cc1C1(c3ccc(B(O)O)cc3)CC1)C(C)(C)CCC2(C)C. The van der Waals surface area contributed by atoms with Crippen molar-refractivity contribution < 1.29 is 10.0 Å². The van der Waals surface area contributed by atoms with Crippen LogP contribution in [0.3, 0.4) is 0 Å². The van der Waals surface area contributed by atoms with Crippen molar-refractivity contribution in [3.05, 3.63) is 64.2 Å². The van der Waals surface area contributed by atoms with Crippen LogP contribution in [0.4, 0.5) is 0 Å². The van der Waals surface area contributed by atoms with E-state index in [1.165, 1.54) is 40.7 Å². The van der Waals surface area contributed by atoms with Gasteiger partial charge in [0.15, 0.2) is 0 Å². The van der Waals surface area contributed by atoms with Gasteiger partial charge in [-0.15, -0.1) is 0 Å². The van der Waals surface area contributed by atoms with Gasteiger partial charge in [0.2, 0.25) is 0 Å². The Morgan fingerprint density at radius 2 is 1.26 bits per heavy atom. The van der Waals surface area contributed by atoms with E-state index >= 15 is 0 Å². The molecule has 0 bridgehead atoms. The molecular weight excluding hydrogens is 331 g/mol. The lowest BCUT2D eigenvalue weighted by atomic mass is 9.62. The van der Waals surface area contributed by atoms with Crippen LogP contribution >= 0.6 is 0 Å². The number of hydrogen-bond acceptors (Lipinski definition) is 2. The Hall–Kier alpha value is -1.58. The lowest BCUT2D eigenvalue weighted by Gasteiger charge is -2.43. The average molecular weight is 362 g/mol. The molecule has 2 aromatic rings. The van der Waals surface area contributed by atoms with E-state index in [4.69, 9.17) is 0 Å². The Labute approximate surface area is 163 Å². The summed E-state index contributed by atoms with van der Waals surface area (Å²) >= 11 is 0. The molecule has 2 nitrogen and oxygen atoms in total. The lowest BCUT2D eigenvalue weighted by molar-refractivity contribution is 0.331. The first kappa shape index (κ1) is 18.8. The van der Waals surface area contributed by atoms with Gasteiger partial charge in [0.1, 0.15) is 0 Å². The molecule has 2 N–H and O–H groups in total. The third kappa shape index (κ3) is 2.96. The summed E-state index contributed by atoms with van der Waals surface area (Å²) in [6, 6.07) is 12.8. The summed E-state index contributed by atoms with van der Waals surface area (Å²) in [5, 5.41) is 18.8. The van der Waals surface area contributed by atoms with Crippen LogP contribution in [0.2, 0.25) is 0 Å². The van der Waals surface area contributed by atoms with E-state index in [1.54, 1.807) is 0 Å². The Balaban J connectivity index is 1.83. The predicted molar refractivity (Wildman–Crippen MR) is 113 cm³/mol. The maximum atomic E-state index is 9.39. The van der Waals surface area contributed by atoms with Gasteiger partial charge in [-0.25, -0.2) is 0 Å². The minimum absolute atomic E-state index is 0.0930. The smallest absolute Gasteiger partial charge is 0.423 e. The molecule has 4 rings (SSSR count). The molecule has 2 aliphatic rings. The van der Waals surface area contributed by atoms with Crippen LogP contribution in [0.25, 0.3) is 0 Å². The molecular formula is C24H31BO2. The topological polar surface area (TPSA) is 40.5 Å². The fourth-order valence-electron chi connectivity index (χ4n) is 5.05. The van der Waals surface area contributed by atoms with Crippen LogP contribution in [-0.4, -0.2) is 17.2 Å². The largest absolute Gasteiger partial charge is 0.488 e. The lowest BCUT2D eigenvalue weighted by Crippen LogP contribution is -2.34. The van der Waals surface area contributed by atoms with Gasteiger partial charge in [-0.3, -0.25) is 0 Å². The van der Waals surface area contributed by atoms with Crippen molar-refractivity contribution in [2.45, 2.75) is 76.5 Å². The average Bonchev–Trinajstić information content (AvgIpc) is 3.40. The molecule has 3 heteroatoms. The zero-order chi connectivity index (χ0) is 19.6. The number of benzene rings is 2. The number of aryl methyl sites for hydroxylation is 1. The summed E-state index contributed by atoms with van der Waals surface area (Å²) in [5.74, 6) is 0. The minimum atomic E-state index is -1.40. The highest BCUT2D eigenvalue weighted by Crippen LogP contribution is 2.56. The predicted octanol–water partition coefficient (Wildman–Crippen LogP) is 4.10. The first-order chi connectivity index (χ1) is 12.6. The second-order valence-corrected chi connectivity index (χ2v) is 10.1. The van der Waals surface area contributed by atoms with E-state index < -0.39 is 7.12 Å². The van der Waals surface area contributed by atoms with Crippen LogP contribution in [0, 0.1) is 6.92 Å². The van der Waals surface area contributed by atoms with Crippen molar-refractivity contribution in [2.24, 2.45) is 0 Å². The first-order valence-electron chi connectivity index (χ1n) is 10.2. The highest BCUT2D eigenvalue weighted by molar-refractivity contribution is 6.58. The van der Waals surface area contributed by atoms with Crippen molar-refractivity contribution in [3.8, 4) is 0 Å². The fraction of sp³-hybridized carbons (Fsp3) is 0.500. The van der Waals surface area contributed by atoms with Crippen LogP contribution in [-0.2, 0) is 16.2 Å². The van der Waals surface area contributed by atoms with Crippen molar-refractivity contribution in [1.82, 2.24) is 0 Å². The van der Waals surface area contributed by atoms with Crippen molar-refractivity contribution in [3.63, 3.8) is 0 Å². The molecule has 0 unspecified atom stereocenters. The molecule has 0 amide bonds. The van der Waals surface area contributed by atoms with Crippen LogP contribution in [0.15, 0.2) is 36.4 Å². The molecule has 2 aliphatic carbocycles. The van der Waals surface area contributed by atoms with E-state index in [2.05, 4.69) is 58.9 Å². The van der Waals surface area contributed by atoms with Gasteiger partial charge in [-0.1, -0.05) is 64.1 Å². The second-order valence-electron chi connectivity index (χ2n) is 10.1. The van der Waals surface area contributed by atoms with Crippen LogP contribution in [0.5, 0.6) is 0 Å². The van der Waals surface area contributed by atoms with Gasteiger partial charge in [0, 0.05) is 5.41 Å². The molecule has 142 valence electrons. The van der Waals surface area contributed by atoms with Gasteiger partial charge in [-0.2, -0.15) is 0 Å². The molecule has 0 atom stereocenters. The summed E-state index contributed by atoms with van der Waals surface area (Å²) < 4.78 is 0. The second kappa shape index (κ2) is 5.96. The van der Waals surface area contributed by atoms with Crippen LogP contribution in [0.1, 0.15) is 81.2 Å². The number of fused-ring (bicyclic) bond motifs is 1. The number of hydrogen-bond donors (Lipinski definition) is 2. The summed E-state index contributed by atoms with van der Waals surface area (Å²) in [7, 11) is -1.40. The molecule has 1 saturated carbocycles. The van der Waals surface area contributed by atoms with E-state index in [9.17, 15) is 10.0 Å². The maximum absolute atomic E-state index is 9.39. The van der Waals surface area contributed by atoms with E-state index in [1.807, 2.05) is 12.1 Å². The van der Waals surface area contributed by atoms with Crippen molar-refractivity contribution in [1.29, 1.82) is 0 Å². The summed E-state index contributed by atoms with van der Waals surface area (Å²) in [4.78, 5) is 0. The van der Waals surface area contributed by atoms with Crippen molar-refractivity contribution >= 4 is 12.6 Å². The van der Waals surface area contributed by atoms with Gasteiger partial charge in [0.25, 0.3) is 0 Å². The fourth-order valence-corrected chi connectivity index (χ4v) is 5.05.